The second kappa shape index (κ2) is 6.15. The number of nitrogens with two attached hydrogens (primary N) is 1. The van der Waals surface area contributed by atoms with Crippen molar-refractivity contribution in [3.63, 3.8) is 0 Å². The van der Waals surface area contributed by atoms with Gasteiger partial charge in [-0.25, -0.2) is 0 Å². The summed E-state index contributed by atoms with van der Waals surface area (Å²) in [6, 6.07) is 9.06. The predicted molar refractivity (Wildman–Crippen MR) is 69.5 cm³/mol. The standard InChI is InChI=1S/C14H22N2O/c1-11-3-2-4-12(9-11)5-6-14(16-15)13-7-8-17-10-13/h2-4,9,13-14,16H,5-8,10,15H2,1H3. The Morgan fingerprint density at radius 3 is 3.06 bits per heavy atom. The monoisotopic (exact) mass is 234 g/mol. The van der Waals surface area contributed by atoms with E-state index < -0.39 is 0 Å². The highest BCUT2D eigenvalue weighted by Crippen LogP contribution is 2.20. The van der Waals surface area contributed by atoms with Gasteiger partial charge in [-0.3, -0.25) is 11.3 Å². The van der Waals surface area contributed by atoms with Crippen molar-refractivity contribution >= 4 is 0 Å². The number of hydrogen-bond donors (Lipinski definition) is 2. The fourth-order valence-corrected chi connectivity index (χ4v) is 2.52. The molecule has 1 aliphatic heterocycles. The Morgan fingerprint density at radius 1 is 1.53 bits per heavy atom. The molecule has 0 bridgehead atoms. The van der Waals surface area contributed by atoms with Crippen molar-refractivity contribution in [3.8, 4) is 0 Å². The molecule has 2 atom stereocenters. The lowest BCUT2D eigenvalue weighted by atomic mass is 9.93. The van der Waals surface area contributed by atoms with Crippen molar-refractivity contribution in [2.75, 3.05) is 13.2 Å². The normalized spacial score (nSPS) is 21.6. The topological polar surface area (TPSA) is 47.3 Å². The first-order chi connectivity index (χ1) is 8.29. The van der Waals surface area contributed by atoms with E-state index in [1.807, 2.05) is 0 Å². The molecule has 0 radical (unpaired) electrons. The summed E-state index contributed by atoms with van der Waals surface area (Å²) in [4.78, 5) is 0. The van der Waals surface area contributed by atoms with Gasteiger partial charge in [-0.15, -0.1) is 0 Å². The molecular formula is C14H22N2O. The maximum Gasteiger partial charge on any atom is 0.0510 e. The van der Waals surface area contributed by atoms with E-state index in [0.717, 1.165) is 32.5 Å². The molecule has 1 fully saturated rings. The number of ether oxygens (including phenoxy) is 1. The molecule has 0 aliphatic carbocycles. The Morgan fingerprint density at radius 2 is 2.41 bits per heavy atom. The summed E-state index contributed by atoms with van der Waals surface area (Å²) in [6.07, 6.45) is 3.28. The van der Waals surface area contributed by atoms with Crippen molar-refractivity contribution < 1.29 is 4.74 Å². The quantitative estimate of drug-likeness (QED) is 0.603. The Kier molecular flexibility index (Phi) is 4.54. The molecule has 1 aromatic rings. The highest BCUT2D eigenvalue weighted by Gasteiger charge is 2.24. The molecule has 94 valence electrons. The van der Waals surface area contributed by atoms with Gasteiger partial charge in [-0.1, -0.05) is 29.8 Å². The van der Waals surface area contributed by atoms with Gasteiger partial charge >= 0.3 is 0 Å². The molecule has 0 saturated carbocycles. The van der Waals surface area contributed by atoms with Gasteiger partial charge in [0.15, 0.2) is 0 Å². The molecule has 1 heterocycles. The zero-order chi connectivity index (χ0) is 12.1. The minimum absolute atomic E-state index is 0.373. The van der Waals surface area contributed by atoms with Crippen LogP contribution in [-0.4, -0.2) is 19.3 Å². The van der Waals surface area contributed by atoms with Gasteiger partial charge in [0.25, 0.3) is 0 Å². The van der Waals surface area contributed by atoms with Crippen LogP contribution in [0.3, 0.4) is 0 Å². The summed E-state index contributed by atoms with van der Waals surface area (Å²) >= 11 is 0. The summed E-state index contributed by atoms with van der Waals surface area (Å²) in [6.45, 7) is 3.86. The highest BCUT2D eigenvalue weighted by atomic mass is 16.5. The molecule has 3 heteroatoms. The molecule has 3 nitrogen and oxygen atoms in total. The Hall–Kier alpha value is -0.900. The van der Waals surface area contributed by atoms with Crippen LogP contribution < -0.4 is 11.3 Å². The SMILES string of the molecule is Cc1cccc(CCC(NN)C2CCOC2)c1. The minimum atomic E-state index is 0.373. The van der Waals surface area contributed by atoms with Crippen molar-refractivity contribution in [2.24, 2.45) is 11.8 Å². The molecule has 17 heavy (non-hydrogen) atoms. The summed E-state index contributed by atoms with van der Waals surface area (Å²) in [5.41, 5.74) is 5.66. The molecule has 1 aromatic carbocycles. The van der Waals surface area contributed by atoms with Gasteiger partial charge in [0.1, 0.15) is 0 Å². The predicted octanol–water partition coefficient (Wildman–Crippen LogP) is 1.80. The molecular weight excluding hydrogens is 212 g/mol. The van der Waals surface area contributed by atoms with E-state index >= 15 is 0 Å². The first kappa shape index (κ1) is 12.6. The Bertz CT molecular complexity index is 348. The van der Waals surface area contributed by atoms with Crippen LogP contribution in [-0.2, 0) is 11.2 Å². The molecule has 0 aromatic heterocycles. The Labute approximate surface area is 103 Å². The average Bonchev–Trinajstić information content (AvgIpc) is 2.84. The van der Waals surface area contributed by atoms with E-state index in [1.54, 1.807) is 0 Å². The number of rotatable bonds is 5. The summed E-state index contributed by atoms with van der Waals surface area (Å²) in [7, 11) is 0. The van der Waals surface area contributed by atoms with Crippen LogP contribution in [0.2, 0.25) is 0 Å². The second-order valence-corrected chi connectivity index (χ2v) is 4.92. The summed E-state index contributed by atoms with van der Waals surface area (Å²) in [5, 5.41) is 0. The second-order valence-electron chi connectivity index (χ2n) is 4.92. The minimum Gasteiger partial charge on any atom is -0.381 e. The third-order valence-electron chi connectivity index (χ3n) is 3.57. The smallest absolute Gasteiger partial charge is 0.0510 e. The van der Waals surface area contributed by atoms with E-state index in [-0.39, 0.29) is 0 Å². The van der Waals surface area contributed by atoms with Gasteiger partial charge in [0.2, 0.25) is 0 Å². The van der Waals surface area contributed by atoms with Crippen LogP contribution in [0.15, 0.2) is 24.3 Å². The van der Waals surface area contributed by atoms with Gasteiger partial charge in [-0.2, -0.15) is 0 Å². The van der Waals surface area contributed by atoms with Gasteiger partial charge in [0, 0.05) is 18.6 Å². The number of hydrogen-bond acceptors (Lipinski definition) is 3. The van der Waals surface area contributed by atoms with E-state index in [0.29, 0.717) is 12.0 Å². The van der Waals surface area contributed by atoms with Crippen LogP contribution in [0.25, 0.3) is 0 Å². The molecule has 0 amide bonds. The molecule has 3 N–H and O–H groups in total. The zero-order valence-corrected chi connectivity index (χ0v) is 10.5. The first-order valence-corrected chi connectivity index (χ1v) is 6.39. The van der Waals surface area contributed by atoms with Crippen LogP contribution in [0.4, 0.5) is 0 Å². The third-order valence-corrected chi connectivity index (χ3v) is 3.57. The van der Waals surface area contributed by atoms with Crippen molar-refractivity contribution in [1.82, 2.24) is 5.43 Å². The molecule has 2 unspecified atom stereocenters. The lowest BCUT2D eigenvalue weighted by molar-refractivity contribution is 0.175. The lowest BCUT2D eigenvalue weighted by Crippen LogP contribution is -2.41. The first-order valence-electron chi connectivity index (χ1n) is 6.39. The third kappa shape index (κ3) is 3.53. The number of nitrogens with one attached hydrogen (secondary N) is 1. The zero-order valence-electron chi connectivity index (χ0n) is 10.5. The summed E-state index contributed by atoms with van der Waals surface area (Å²) < 4.78 is 5.42. The van der Waals surface area contributed by atoms with Crippen LogP contribution in [0.5, 0.6) is 0 Å². The molecule has 1 aliphatic rings. The van der Waals surface area contributed by atoms with Gasteiger partial charge < -0.3 is 4.74 Å². The molecule has 0 spiro atoms. The van der Waals surface area contributed by atoms with E-state index in [1.165, 1.54) is 11.1 Å². The van der Waals surface area contributed by atoms with Crippen molar-refractivity contribution in [3.05, 3.63) is 35.4 Å². The number of benzene rings is 1. The lowest BCUT2D eigenvalue weighted by Gasteiger charge is -2.21. The largest absolute Gasteiger partial charge is 0.381 e. The maximum atomic E-state index is 5.64. The Balaban J connectivity index is 1.87. The van der Waals surface area contributed by atoms with Crippen molar-refractivity contribution in [2.45, 2.75) is 32.2 Å². The van der Waals surface area contributed by atoms with Crippen molar-refractivity contribution in [1.29, 1.82) is 0 Å². The highest BCUT2D eigenvalue weighted by molar-refractivity contribution is 5.22. The van der Waals surface area contributed by atoms with E-state index in [2.05, 4.69) is 36.6 Å². The van der Waals surface area contributed by atoms with Gasteiger partial charge in [0.05, 0.1) is 6.61 Å². The van der Waals surface area contributed by atoms with Gasteiger partial charge in [-0.05, 0) is 31.7 Å². The molecule has 1 saturated heterocycles. The summed E-state index contributed by atoms with van der Waals surface area (Å²) in [5.74, 6) is 6.21. The van der Waals surface area contributed by atoms with Crippen LogP contribution >= 0.6 is 0 Å². The average molecular weight is 234 g/mol. The van der Waals surface area contributed by atoms with E-state index in [9.17, 15) is 0 Å². The maximum absolute atomic E-state index is 5.64. The fraction of sp³-hybridized carbons (Fsp3) is 0.571. The number of hydrazine groups is 1. The van der Waals surface area contributed by atoms with Crippen LogP contribution in [0.1, 0.15) is 24.0 Å². The van der Waals surface area contributed by atoms with Crippen LogP contribution in [0, 0.1) is 12.8 Å². The fourth-order valence-electron chi connectivity index (χ4n) is 2.52. The van der Waals surface area contributed by atoms with E-state index in [4.69, 9.17) is 10.6 Å². The number of aryl methyl sites for hydroxylation is 2. The molecule has 2 rings (SSSR count).